The first kappa shape index (κ1) is 29.5. The van der Waals surface area contributed by atoms with Gasteiger partial charge in [0.1, 0.15) is 5.75 Å². The molecule has 1 N–H and O–H groups in total. The predicted octanol–water partition coefficient (Wildman–Crippen LogP) is 6.52. The molecule has 0 aliphatic heterocycles. The van der Waals surface area contributed by atoms with Crippen LogP contribution in [-0.4, -0.2) is 35.2 Å². The number of hydrogen-bond donors (Lipinski definition) is 1. The van der Waals surface area contributed by atoms with E-state index in [4.69, 9.17) is 0 Å². The fraction of sp³-hybridized carbons (Fsp3) is 0.250. The number of halogens is 6. The summed E-state index contributed by atoms with van der Waals surface area (Å²) in [6.45, 7) is 3.30. The molecule has 0 aromatic heterocycles. The lowest BCUT2D eigenvalue weighted by atomic mass is 10.1. The third kappa shape index (κ3) is 6.16. The lowest BCUT2D eigenvalue weighted by molar-refractivity contribution is -0.273. The van der Waals surface area contributed by atoms with Crippen LogP contribution in [0.5, 0.6) is 5.75 Å². The number of phenols is 1. The van der Waals surface area contributed by atoms with Gasteiger partial charge in [0, 0.05) is 19.1 Å². The van der Waals surface area contributed by atoms with Gasteiger partial charge in [-0.2, -0.15) is 26.3 Å². The molecule has 0 atom stereocenters. The maximum atomic E-state index is 12.1. The Morgan fingerprint density at radius 3 is 1.39 bits per heavy atom. The highest BCUT2D eigenvalue weighted by Crippen LogP contribution is 2.47. The van der Waals surface area contributed by atoms with Crippen LogP contribution in [0.4, 0.5) is 26.3 Å². The van der Waals surface area contributed by atoms with Crippen LogP contribution in [0.25, 0.3) is 0 Å². The zero-order chi connectivity index (χ0) is 27.5. The molecule has 0 bridgehead atoms. The predicted molar refractivity (Wildman–Crippen MR) is 123 cm³/mol. The summed E-state index contributed by atoms with van der Waals surface area (Å²) in [5.41, 5.74) is 1.86. The van der Waals surface area contributed by atoms with E-state index in [0.29, 0.717) is 5.75 Å². The minimum atomic E-state index is -6.86. The zero-order valence-corrected chi connectivity index (χ0v) is 20.8. The summed E-state index contributed by atoms with van der Waals surface area (Å²) in [5, 5.41) is 3.71. The van der Waals surface area contributed by atoms with E-state index in [-0.39, 0.29) is 10.9 Å². The molecule has 0 radical (unpaired) electrons. The Balaban J connectivity index is 0.000000284. The molecule has 3 aromatic carbocycles. The van der Waals surface area contributed by atoms with Gasteiger partial charge in [0.25, 0.3) is 0 Å². The normalized spacial score (nSPS) is 12.8. The van der Waals surface area contributed by atoms with Gasteiger partial charge in [0.2, 0.25) is 0 Å². The van der Waals surface area contributed by atoms with Crippen molar-refractivity contribution in [3.05, 3.63) is 83.9 Å². The minimum absolute atomic E-state index is 0.155. The van der Waals surface area contributed by atoms with Crippen molar-refractivity contribution in [3.63, 3.8) is 0 Å². The van der Waals surface area contributed by atoms with Gasteiger partial charge in [-0.25, -0.2) is 8.42 Å². The van der Waals surface area contributed by atoms with Crippen molar-refractivity contribution in [2.75, 3.05) is 0 Å². The summed E-state index contributed by atoms with van der Waals surface area (Å²) in [7, 11) is -7.01. The molecular weight excluding hydrogens is 530 g/mol. The molecule has 0 aliphatic carbocycles. The maximum Gasteiger partial charge on any atom is 0.402 e. The first-order valence-electron chi connectivity index (χ1n) is 10.2. The average Bonchev–Trinajstić information content (AvgIpc) is 2.78. The van der Waals surface area contributed by atoms with Crippen LogP contribution in [0.1, 0.15) is 18.1 Å². The molecule has 36 heavy (non-hydrogen) atoms. The molecular formula is C24H22F6O4S2. The van der Waals surface area contributed by atoms with Gasteiger partial charge in [-0.05, 0) is 49.2 Å². The summed E-state index contributed by atoms with van der Waals surface area (Å²) in [6, 6.07) is 25.3. The van der Waals surface area contributed by atoms with Crippen LogP contribution in [0.3, 0.4) is 0 Å². The number of hydrogen-bond acceptors (Lipinski definition) is 4. The van der Waals surface area contributed by atoms with Crippen molar-refractivity contribution in [1.82, 2.24) is 0 Å². The third-order valence-electron chi connectivity index (χ3n) is 4.89. The van der Waals surface area contributed by atoms with Crippen molar-refractivity contribution in [1.29, 1.82) is 0 Å². The highest BCUT2D eigenvalue weighted by atomic mass is 32.2. The average molecular weight is 553 g/mol. The SMILES string of the molecule is CC(F)(F)C(F)(F)C(F)(F)S(=O)(=O)[O-].Cc1cc([S+](c2ccccc2)c2ccccc2)cc(C)c1O. The Morgan fingerprint density at radius 2 is 1.11 bits per heavy atom. The van der Waals surface area contributed by atoms with Crippen molar-refractivity contribution >= 4 is 21.0 Å². The zero-order valence-electron chi connectivity index (χ0n) is 19.2. The Morgan fingerprint density at radius 1 is 0.750 bits per heavy atom. The second-order valence-corrected chi connectivity index (χ2v) is 11.2. The van der Waals surface area contributed by atoms with Gasteiger partial charge in [-0.15, -0.1) is 0 Å². The van der Waals surface area contributed by atoms with Crippen molar-refractivity contribution in [3.8, 4) is 5.75 Å². The van der Waals surface area contributed by atoms with Gasteiger partial charge in [0.15, 0.2) is 24.8 Å². The van der Waals surface area contributed by atoms with Gasteiger partial charge in [-0.1, -0.05) is 36.4 Å². The van der Waals surface area contributed by atoms with Gasteiger partial charge in [0.05, 0.1) is 10.9 Å². The quantitative estimate of drug-likeness (QED) is 0.215. The van der Waals surface area contributed by atoms with Crippen LogP contribution in [0.2, 0.25) is 0 Å². The van der Waals surface area contributed by atoms with Crippen molar-refractivity contribution < 1.29 is 44.4 Å². The molecule has 196 valence electrons. The van der Waals surface area contributed by atoms with Crippen LogP contribution in [-0.2, 0) is 21.0 Å². The van der Waals surface area contributed by atoms with Crippen LogP contribution >= 0.6 is 0 Å². The Hall–Kier alpha value is -2.70. The third-order valence-corrected chi connectivity index (χ3v) is 7.97. The van der Waals surface area contributed by atoms with E-state index in [9.17, 15) is 44.4 Å². The highest BCUT2D eigenvalue weighted by Gasteiger charge is 2.72. The highest BCUT2D eigenvalue weighted by molar-refractivity contribution is 7.97. The fourth-order valence-electron chi connectivity index (χ4n) is 2.97. The maximum absolute atomic E-state index is 12.1. The molecule has 0 saturated heterocycles. The van der Waals surface area contributed by atoms with E-state index in [1.54, 1.807) is 0 Å². The van der Waals surface area contributed by atoms with Gasteiger partial charge >= 0.3 is 17.1 Å². The summed E-state index contributed by atoms with van der Waals surface area (Å²) in [5.74, 6) is -11.2. The summed E-state index contributed by atoms with van der Waals surface area (Å²) in [6.07, 6.45) is 0. The standard InChI is InChI=1S/C20H18OS.C4H4F6O3S/c1-15-13-19(14-16(2)20(15)21)22(17-9-5-3-6-10-17)18-11-7-4-8-12-18;1-2(5,6)3(7,8)4(9,10)14(11,12)13/h3-14H,1-2H3;1H3,(H,11,12,13). The van der Waals surface area contributed by atoms with E-state index in [2.05, 4.69) is 60.7 Å². The summed E-state index contributed by atoms with van der Waals surface area (Å²) < 4.78 is 101. The summed E-state index contributed by atoms with van der Waals surface area (Å²) >= 11 is 0. The molecule has 3 aromatic rings. The molecule has 12 heteroatoms. The molecule has 3 rings (SSSR count). The molecule has 0 saturated carbocycles. The second-order valence-electron chi connectivity index (χ2n) is 7.77. The first-order chi connectivity index (χ1) is 16.4. The molecule has 0 fully saturated rings. The second kappa shape index (κ2) is 10.7. The van der Waals surface area contributed by atoms with Gasteiger partial charge in [-0.3, -0.25) is 0 Å². The van der Waals surface area contributed by atoms with Gasteiger partial charge < -0.3 is 9.66 Å². The Bertz CT molecular complexity index is 1220. The molecule has 0 amide bonds. The fourth-order valence-corrected chi connectivity index (χ4v) is 5.73. The van der Waals surface area contributed by atoms with Crippen LogP contribution in [0.15, 0.2) is 87.5 Å². The topological polar surface area (TPSA) is 77.4 Å². The first-order valence-corrected chi connectivity index (χ1v) is 12.8. The smallest absolute Gasteiger partial charge is 0.402 e. The summed E-state index contributed by atoms with van der Waals surface area (Å²) in [4.78, 5) is 3.82. The number of aromatic hydroxyl groups is 1. The molecule has 0 spiro atoms. The molecule has 0 heterocycles. The van der Waals surface area contributed by atoms with E-state index < -0.39 is 34.1 Å². The molecule has 4 nitrogen and oxygen atoms in total. The number of alkyl halides is 6. The Labute approximate surface area is 207 Å². The Kier molecular flexibility index (Phi) is 8.80. The van der Waals surface area contributed by atoms with Crippen LogP contribution < -0.4 is 0 Å². The number of phenolic OH excluding ortho intramolecular Hbond substituents is 1. The van der Waals surface area contributed by atoms with E-state index in [1.807, 2.05) is 26.0 Å². The van der Waals surface area contributed by atoms with E-state index >= 15 is 0 Å². The lowest BCUT2D eigenvalue weighted by Gasteiger charge is -2.31. The van der Waals surface area contributed by atoms with Crippen molar-refractivity contribution in [2.24, 2.45) is 0 Å². The number of rotatable bonds is 6. The monoisotopic (exact) mass is 552 g/mol. The van der Waals surface area contributed by atoms with E-state index in [1.165, 1.54) is 14.7 Å². The van der Waals surface area contributed by atoms with Crippen molar-refractivity contribution in [2.45, 2.75) is 52.6 Å². The minimum Gasteiger partial charge on any atom is -0.743 e. The number of benzene rings is 3. The van der Waals surface area contributed by atoms with Crippen LogP contribution in [0, 0.1) is 13.8 Å². The molecule has 0 unspecified atom stereocenters. The largest absolute Gasteiger partial charge is 0.743 e. The lowest BCUT2D eigenvalue weighted by Crippen LogP contribution is -2.56. The molecule has 0 aliphatic rings. The van der Waals surface area contributed by atoms with E-state index in [0.717, 1.165) is 11.1 Å². The number of aryl methyl sites for hydroxylation is 2.